The van der Waals surface area contributed by atoms with E-state index in [0.29, 0.717) is 6.54 Å². The van der Waals surface area contributed by atoms with E-state index in [1.807, 2.05) is 6.92 Å². The predicted octanol–water partition coefficient (Wildman–Crippen LogP) is -0.658. The van der Waals surface area contributed by atoms with Gasteiger partial charge in [0.25, 0.3) is 30.4 Å². The molecule has 0 radical (unpaired) electrons. The summed E-state index contributed by atoms with van der Waals surface area (Å²) in [6, 6.07) is 0. The smallest absolute Gasteiger partial charge is 0.372 e. The van der Waals surface area contributed by atoms with E-state index in [-0.39, 0.29) is 19.4 Å². The zero-order valence-electron chi connectivity index (χ0n) is 17.7. The Bertz CT molecular complexity index is 773. The van der Waals surface area contributed by atoms with E-state index in [9.17, 15) is 29.8 Å². The molecule has 0 heterocycles. The van der Waals surface area contributed by atoms with Gasteiger partial charge in [0.2, 0.25) is 0 Å². The minimum atomic E-state index is -4.46. The molecule has 188 valence electrons. The molecule has 0 spiro atoms. The standard InChI is InChI=1S/C14H33NO12S3Si/c1-4-7-15-8-14(11-30(22,23)24)27-31(25-12(5-2)9-28(16,17)18)26-13(6-3)10-29(19,20)21/h12-15,31H,4-11H2,1-3H3,(H,16,17,18)(H,19,20,21)(H,22,23,24). The van der Waals surface area contributed by atoms with Crippen molar-refractivity contribution in [1.82, 2.24) is 5.32 Å². The van der Waals surface area contributed by atoms with Crippen molar-refractivity contribution in [3.05, 3.63) is 0 Å². The highest BCUT2D eigenvalue weighted by Crippen LogP contribution is 2.13. The first kappa shape index (κ1) is 30.8. The van der Waals surface area contributed by atoms with Gasteiger partial charge in [0, 0.05) is 6.54 Å². The average Bonchev–Trinajstić information content (AvgIpc) is 2.56. The maximum absolute atomic E-state index is 11.3. The monoisotopic (exact) mass is 531 g/mol. The van der Waals surface area contributed by atoms with Gasteiger partial charge in [-0.05, 0) is 25.8 Å². The van der Waals surface area contributed by atoms with Crippen LogP contribution in [0.25, 0.3) is 0 Å². The molecule has 0 saturated heterocycles. The van der Waals surface area contributed by atoms with Crippen LogP contribution in [0.3, 0.4) is 0 Å². The summed E-state index contributed by atoms with van der Waals surface area (Å²) >= 11 is 0. The Balaban J connectivity index is 5.64. The van der Waals surface area contributed by atoms with Gasteiger partial charge in [0.05, 0.1) is 18.3 Å². The van der Waals surface area contributed by atoms with E-state index in [0.717, 1.165) is 6.42 Å². The van der Waals surface area contributed by atoms with E-state index in [4.69, 9.17) is 22.4 Å². The van der Waals surface area contributed by atoms with E-state index >= 15 is 0 Å². The molecule has 0 aliphatic rings. The zero-order valence-corrected chi connectivity index (χ0v) is 21.3. The molecule has 0 rings (SSSR count). The van der Waals surface area contributed by atoms with Crippen LogP contribution in [0.15, 0.2) is 0 Å². The summed E-state index contributed by atoms with van der Waals surface area (Å²) < 4.78 is 112. The fraction of sp³-hybridized carbons (Fsp3) is 1.00. The SMILES string of the molecule is CCCNCC(CS(=O)(=O)O)O[SiH](OC(CC)CS(=O)(=O)O)OC(CC)CS(=O)(=O)O. The van der Waals surface area contributed by atoms with Crippen molar-refractivity contribution in [3.63, 3.8) is 0 Å². The second kappa shape index (κ2) is 14.1. The van der Waals surface area contributed by atoms with Gasteiger partial charge >= 0.3 is 9.53 Å². The van der Waals surface area contributed by atoms with Gasteiger partial charge in [-0.1, -0.05) is 20.8 Å². The van der Waals surface area contributed by atoms with Crippen LogP contribution in [0.4, 0.5) is 0 Å². The summed E-state index contributed by atoms with van der Waals surface area (Å²) in [5, 5.41) is 2.91. The molecule has 0 amide bonds. The molecule has 31 heavy (non-hydrogen) atoms. The summed E-state index contributed by atoms with van der Waals surface area (Å²) in [6.07, 6.45) is -2.35. The van der Waals surface area contributed by atoms with Crippen LogP contribution >= 0.6 is 0 Å². The van der Waals surface area contributed by atoms with Crippen molar-refractivity contribution in [1.29, 1.82) is 0 Å². The topological polar surface area (TPSA) is 203 Å². The van der Waals surface area contributed by atoms with Crippen LogP contribution in [0.5, 0.6) is 0 Å². The Morgan fingerprint density at radius 2 is 1.06 bits per heavy atom. The van der Waals surface area contributed by atoms with Crippen molar-refractivity contribution in [2.24, 2.45) is 0 Å². The second-order valence-corrected chi connectivity index (χ2v) is 12.7. The quantitative estimate of drug-likeness (QED) is 0.0986. The first-order chi connectivity index (χ1) is 14.1. The molecule has 0 aromatic heterocycles. The number of rotatable bonds is 18. The summed E-state index contributed by atoms with van der Waals surface area (Å²) in [5.41, 5.74) is 0. The van der Waals surface area contributed by atoms with Crippen molar-refractivity contribution in [3.8, 4) is 0 Å². The lowest BCUT2D eigenvalue weighted by Gasteiger charge is -2.28. The largest absolute Gasteiger partial charge is 0.485 e. The third-order valence-electron chi connectivity index (χ3n) is 3.81. The van der Waals surface area contributed by atoms with Gasteiger partial charge in [0.15, 0.2) is 0 Å². The van der Waals surface area contributed by atoms with Gasteiger partial charge in [-0.2, -0.15) is 25.3 Å². The number of hydrogen-bond acceptors (Lipinski definition) is 10. The maximum Gasteiger partial charge on any atom is 0.485 e. The van der Waals surface area contributed by atoms with Crippen molar-refractivity contribution < 1.29 is 52.2 Å². The van der Waals surface area contributed by atoms with E-state index in [1.54, 1.807) is 13.8 Å². The molecular weight excluding hydrogens is 498 g/mol. The highest BCUT2D eigenvalue weighted by molar-refractivity contribution is 7.86. The predicted molar refractivity (Wildman–Crippen MR) is 115 cm³/mol. The Labute approximate surface area is 186 Å². The molecule has 0 aromatic rings. The Hall–Kier alpha value is -0.213. The van der Waals surface area contributed by atoms with Gasteiger partial charge in [0.1, 0.15) is 17.3 Å². The normalized spacial score (nSPS) is 17.2. The molecule has 0 aliphatic heterocycles. The molecule has 0 fully saturated rings. The van der Waals surface area contributed by atoms with Crippen LogP contribution in [-0.2, 0) is 43.6 Å². The third-order valence-corrected chi connectivity index (χ3v) is 8.01. The lowest BCUT2D eigenvalue weighted by atomic mass is 10.3. The fourth-order valence-electron chi connectivity index (χ4n) is 2.37. The summed E-state index contributed by atoms with van der Waals surface area (Å²) in [7, 11) is -16.7. The number of nitrogens with one attached hydrogen (secondary N) is 1. The molecule has 3 atom stereocenters. The molecule has 13 nitrogen and oxygen atoms in total. The van der Waals surface area contributed by atoms with Gasteiger partial charge in [-0.3, -0.25) is 13.7 Å². The highest BCUT2D eigenvalue weighted by atomic mass is 32.2. The van der Waals surface area contributed by atoms with Crippen LogP contribution in [0.1, 0.15) is 40.0 Å². The minimum Gasteiger partial charge on any atom is -0.372 e. The van der Waals surface area contributed by atoms with E-state index in [1.165, 1.54) is 0 Å². The van der Waals surface area contributed by atoms with Crippen molar-refractivity contribution >= 4 is 39.9 Å². The van der Waals surface area contributed by atoms with Gasteiger partial charge < -0.3 is 18.6 Å². The Morgan fingerprint density at radius 3 is 1.39 bits per heavy atom. The highest BCUT2D eigenvalue weighted by Gasteiger charge is 2.32. The zero-order chi connectivity index (χ0) is 24.3. The Kier molecular flexibility index (Phi) is 14.0. The Morgan fingerprint density at radius 1 is 0.710 bits per heavy atom. The maximum atomic E-state index is 11.3. The molecule has 0 aliphatic carbocycles. The van der Waals surface area contributed by atoms with Crippen LogP contribution in [0, 0.1) is 0 Å². The molecule has 17 heteroatoms. The molecule has 0 saturated carbocycles. The fourth-order valence-corrected chi connectivity index (χ4v) is 6.92. The molecule has 0 bridgehead atoms. The first-order valence-corrected chi connectivity index (χ1v) is 15.8. The van der Waals surface area contributed by atoms with E-state index < -0.39 is 75.5 Å². The van der Waals surface area contributed by atoms with Gasteiger partial charge in [-0.25, -0.2) is 0 Å². The van der Waals surface area contributed by atoms with Gasteiger partial charge in [-0.15, -0.1) is 0 Å². The molecule has 4 N–H and O–H groups in total. The van der Waals surface area contributed by atoms with Crippen LogP contribution in [-0.4, -0.2) is 97.1 Å². The number of hydrogen-bond donors (Lipinski definition) is 4. The summed E-state index contributed by atoms with van der Waals surface area (Å²) in [5.74, 6) is -2.39. The average molecular weight is 532 g/mol. The summed E-state index contributed by atoms with van der Waals surface area (Å²) in [6.45, 7) is 5.50. The van der Waals surface area contributed by atoms with Crippen molar-refractivity contribution in [2.45, 2.75) is 58.3 Å². The second-order valence-electron chi connectivity index (χ2n) is 6.83. The molecule has 3 unspecified atom stereocenters. The molecular formula is C14H33NO12S3Si. The summed E-state index contributed by atoms with van der Waals surface area (Å²) in [4.78, 5) is 0. The lowest BCUT2D eigenvalue weighted by molar-refractivity contribution is 0.0206. The minimum absolute atomic E-state index is 0.0198. The third kappa shape index (κ3) is 18.0. The lowest BCUT2D eigenvalue weighted by Crippen LogP contribution is -2.45. The van der Waals surface area contributed by atoms with E-state index in [2.05, 4.69) is 5.32 Å². The van der Waals surface area contributed by atoms with Crippen LogP contribution < -0.4 is 5.32 Å². The van der Waals surface area contributed by atoms with Crippen molar-refractivity contribution in [2.75, 3.05) is 30.3 Å². The first-order valence-electron chi connectivity index (χ1n) is 9.61. The van der Waals surface area contributed by atoms with Crippen LogP contribution in [0.2, 0.25) is 0 Å². The molecule has 0 aromatic carbocycles.